The smallest absolute Gasteiger partial charge is 0.143 e. The van der Waals surface area contributed by atoms with E-state index in [1.807, 2.05) is 18.2 Å². The third-order valence-electron chi connectivity index (χ3n) is 2.94. The summed E-state index contributed by atoms with van der Waals surface area (Å²) in [6.07, 6.45) is 0. The topological polar surface area (TPSA) is 21.6 Å². The van der Waals surface area contributed by atoms with Crippen molar-refractivity contribution in [1.82, 2.24) is 0 Å². The molecule has 2 nitrogen and oxygen atoms in total. The van der Waals surface area contributed by atoms with Gasteiger partial charge >= 0.3 is 0 Å². The highest BCUT2D eigenvalue weighted by molar-refractivity contribution is 6.13. The minimum absolute atomic E-state index is 0.561. The third kappa shape index (κ3) is 1.82. The molecule has 0 saturated heterocycles. The molecular formula is C15H13NO. The number of nitrogens with zero attached hydrogens (tertiary/aromatic N) is 1. The summed E-state index contributed by atoms with van der Waals surface area (Å²) < 4.78 is 0. The van der Waals surface area contributed by atoms with Crippen LogP contribution in [0.15, 0.2) is 53.7 Å². The normalized spacial score (nSPS) is 13.6. The Morgan fingerprint density at radius 2 is 1.94 bits per heavy atom. The van der Waals surface area contributed by atoms with Crippen molar-refractivity contribution in [2.24, 2.45) is 5.16 Å². The zero-order chi connectivity index (χ0) is 11.7. The third-order valence-corrected chi connectivity index (χ3v) is 2.94. The first-order chi connectivity index (χ1) is 8.34. The molecule has 17 heavy (non-hydrogen) atoms. The summed E-state index contributed by atoms with van der Waals surface area (Å²) >= 11 is 0. The summed E-state index contributed by atoms with van der Waals surface area (Å²) in [7, 11) is 0. The van der Waals surface area contributed by atoms with Crippen molar-refractivity contribution in [2.45, 2.75) is 13.5 Å². The molecule has 3 rings (SSSR count). The zero-order valence-corrected chi connectivity index (χ0v) is 9.68. The monoisotopic (exact) mass is 223 g/mol. The molecule has 1 heterocycles. The van der Waals surface area contributed by atoms with Crippen LogP contribution in [0, 0.1) is 6.92 Å². The maximum Gasteiger partial charge on any atom is 0.143 e. The summed E-state index contributed by atoms with van der Waals surface area (Å²) in [4.78, 5) is 5.29. The first-order valence-electron chi connectivity index (χ1n) is 5.70. The van der Waals surface area contributed by atoms with Gasteiger partial charge in [0.05, 0.1) is 0 Å². The Morgan fingerprint density at radius 3 is 2.82 bits per heavy atom. The highest BCUT2D eigenvalue weighted by Gasteiger charge is 2.16. The second-order valence-electron chi connectivity index (χ2n) is 4.24. The van der Waals surface area contributed by atoms with E-state index in [-0.39, 0.29) is 0 Å². The Morgan fingerprint density at radius 1 is 1.06 bits per heavy atom. The first kappa shape index (κ1) is 10.1. The quantitative estimate of drug-likeness (QED) is 0.727. The maximum atomic E-state index is 5.29. The molecule has 1 aliphatic rings. The lowest BCUT2D eigenvalue weighted by Crippen LogP contribution is -2.12. The van der Waals surface area contributed by atoms with Gasteiger partial charge in [0.25, 0.3) is 0 Å². The van der Waals surface area contributed by atoms with E-state index in [2.05, 4.69) is 42.4 Å². The molecule has 0 fully saturated rings. The van der Waals surface area contributed by atoms with Gasteiger partial charge < -0.3 is 4.84 Å². The molecule has 0 spiro atoms. The molecule has 2 aromatic carbocycles. The molecule has 2 aromatic rings. The van der Waals surface area contributed by atoms with E-state index in [1.165, 1.54) is 16.7 Å². The van der Waals surface area contributed by atoms with Gasteiger partial charge in [-0.2, -0.15) is 0 Å². The molecule has 0 amide bonds. The van der Waals surface area contributed by atoms with Gasteiger partial charge in [-0.3, -0.25) is 0 Å². The van der Waals surface area contributed by atoms with E-state index in [0.717, 1.165) is 11.3 Å². The fourth-order valence-electron chi connectivity index (χ4n) is 2.09. The summed E-state index contributed by atoms with van der Waals surface area (Å²) in [5.41, 5.74) is 5.63. The van der Waals surface area contributed by atoms with E-state index in [4.69, 9.17) is 4.84 Å². The summed E-state index contributed by atoms with van der Waals surface area (Å²) in [6.45, 7) is 2.64. The highest BCUT2D eigenvalue weighted by Crippen LogP contribution is 2.21. The Labute approximate surface area is 101 Å². The van der Waals surface area contributed by atoms with Crippen LogP contribution >= 0.6 is 0 Å². The Kier molecular flexibility index (Phi) is 2.41. The van der Waals surface area contributed by atoms with E-state index in [9.17, 15) is 0 Å². The molecule has 0 aromatic heterocycles. The maximum absolute atomic E-state index is 5.29. The standard InChI is InChI=1S/C15H13NO/c1-11-5-4-7-12(9-11)15-14-8-3-2-6-13(14)10-17-16-15/h2-9H,10H2,1H3. The summed E-state index contributed by atoms with van der Waals surface area (Å²) in [6, 6.07) is 16.6. The summed E-state index contributed by atoms with van der Waals surface area (Å²) in [5, 5.41) is 4.20. The Bertz CT molecular complexity index is 587. The molecule has 1 aliphatic heterocycles. The van der Waals surface area contributed by atoms with Crippen LogP contribution in [0.4, 0.5) is 0 Å². The second kappa shape index (κ2) is 4.06. The van der Waals surface area contributed by atoms with Gasteiger partial charge in [0, 0.05) is 16.7 Å². The number of hydrogen-bond donors (Lipinski definition) is 0. The molecule has 2 heteroatoms. The van der Waals surface area contributed by atoms with Crippen molar-refractivity contribution in [3.8, 4) is 0 Å². The van der Waals surface area contributed by atoms with Gasteiger partial charge in [-0.05, 0) is 13.0 Å². The zero-order valence-electron chi connectivity index (χ0n) is 9.68. The van der Waals surface area contributed by atoms with Crippen LogP contribution in [-0.4, -0.2) is 5.71 Å². The van der Waals surface area contributed by atoms with Crippen molar-refractivity contribution >= 4 is 5.71 Å². The minimum Gasteiger partial charge on any atom is -0.390 e. The largest absolute Gasteiger partial charge is 0.390 e. The van der Waals surface area contributed by atoms with E-state index < -0.39 is 0 Å². The molecule has 84 valence electrons. The van der Waals surface area contributed by atoms with Crippen molar-refractivity contribution in [3.63, 3.8) is 0 Å². The van der Waals surface area contributed by atoms with Crippen LogP contribution in [-0.2, 0) is 11.4 Å². The molecule has 0 radical (unpaired) electrons. The Hall–Kier alpha value is -2.09. The van der Waals surface area contributed by atoms with E-state index in [1.54, 1.807) is 0 Å². The number of oxime groups is 1. The van der Waals surface area contributed by atoms with Gasteiger partial charge in [-0.15, -0.1) is 0 Å². The predicted molar refractivity (Wildman–Crippen MR) is 68.0 cm³/mol. The van der Waals surface area contributed by atoms with Crippen molar-refractivity contribution < 1.29 is 4.84 Å². The van der Waals surface area contributed by atoms with Crippen molar-refractivity contribution in [1.29, 1.82) is 0 Å². The molecule has 0 saturated carbocycles. The predicted octanol–water partition coefficient (Wildman–Crippen LogP) is 3.28. The first-order valence-corrected chi connectivity index (χ1v) is 5.70. The number of rotatable bonds is 1. The van der Waals surface area contributed by atoms with Gasteiger partial charge in [-0.25, -0.2) is 0 Å². The van der Waals surface area contributed by atoms with Crippen LogP contribution < -0.4 is 0 Å². The Balaban J connectivity index is 2.13. The van der Waals surface area contributed by atoms with Crippen molar-refractivity contribution in [3.05, 3.63) is 70.8 Å². The molecule has 0 bridgehead atoms. The average Bonchev–Trinajstić information content (AvgIpc) is 2.38. The lowest BCUT2D eigenvalue weighted by Gasteiger charge is -2.16. The number of benzene rings is 2. The number of hydrogen-bond acceptors (Lipinski definition) is 2. The van der Waals surface area contributed by atoms with Crippen LogP contribution in [0.25, 0.3) is 0 Å². The molecule has 0 unspecified atom stereocenters. The number of aryl methyl sites for hydroxylation is 1. The molecular weight excluding hydrogens is 210 g/mol. The van der Waals surface area contributed by atoms with Crippen LogP contribution in [0.2, 0.25) is 0 Å². The molecule has 0 N–H and O–H groups in total. The average molecular weight is 223 g/mol. The van der Waals surface area contributed by atoms with Gasteiger partial charge in [-0.1, -0.05) is 53.2 Å². The molecule has 0 aliphatic carbocycles. The van der Waals surface area contributed by atoms with E-state index in [0.29, 0.717) is 6.61 Å². The summed E-state index contributed by atoms with van der Waals surface area (Å²) in [5.74, 6) is 0. The van der Waals surface area contributed by atoms with Crippen LogP contribution in [0.3, 0.4) is 0 Å². The minimum atomic E-state index is 0.561. The van der Waals surface area contributed by atoms with Crippen molar-refractivity contribution in [2.75, 3.05) is 0 Å². The molecule has 0 atom stereocenters. The van der Waals surface area contributed by atoms with Crippen LogP contribution in [0.1, 0.15) is 22.3 Å². The lowest BCUT2D eigenvalue weighted by atomic mass is 9.96. The SMILES string of the molecule is Cc1cccc(C2=NOCc3ccccc32)c1. The van der Waals surface area contributed by atoms with Gasteiger partial charge in [0.1, 0.15) is 12.3 Å². The second-order valence-corrected chi connectivity index (χ2v) is 4.24. The van der Waals surface area contributed by atoms with Gasteiger partial charge in [0.2, 0.25) is 0 Å². The number of fused-ring (bicyclic) bond motifs is 1. The fraction of sp³-hybridized carbons (Fsp3) is 0.133. The highest BCUT2D eigenvalue weighted by atomic mass is 16.6. The van der Waals surface area contributed by atoms with E-state index >= 15 is 0 Å². The fourth-order valence-corrected chi connectivity index (χ4v) is 2.09. The lowest BCUT2D eigenvalue weighted by molar-refractivity contribution is 0.126. The van der Waals surface area contributed by atoms with Crippen LogP contribution in [0.5, 0.6) is 0 Å². The van der Waals surface area contributed by atoms with Gasteiger partial charge in [0.15, 0.2) is 0 Å².